The summed E-state index contributed by atoms with van der Waals surface area (Å²) < 4.78 is 27.4. The standard InChI is InChI=1S/C23H30N4O4S/c1-17(22(28)25-15-19-11-13-24-14-12-19)27-23(29)20-9-7-18(8-10-20)16-26-32(30,31)21-5-3-2-4-6-21/h2-6,11-14,17-18,20,26H,7-10,15-16H2,1H3,(H,25,28)(H,27,29)/t17-,18?,20?/m0/s1. The summed E-state index contributed by atoms with van der Waals surface area (Å²) in [5, 5.41) is 5.62. The number of benzene rings is 1. The average molecular weight is 459 g/mol. The van der Waals surface area contributed by atoms with E-state index >= 15 is 0 Å². The van der Waals surface area contributed by atoms with Crippen molar-refractivity contribution in [2.75, 3.05) is 6.54 Å². The summed E-state index contributed by atoms with van der Waals surface area (Å²) in [5.41, 5.74) is 0.938. The second-order valence-corrected chi connectivity index (χ2v) is 9.95. The molecule has 1 aliphatic carbocycles. The van der Waals surface area contributed by atoms with Crippen molar-refractivity contribution in [2.24, 2.45) is 11.8 Å². The molecule has 32 heavy (non-hydrogen) atoms. The lowest BCUT2D eigenvalue weighted by Gasteiger charge is -2.28. The summed E-state index contributed by atoms with van der Waals surface area (Å²) >= 11 is 0. The van der Waals surface area contributed by atoms with E-state index in [1.54, 1.807) is 49.6 Å². The molecule has 0 radical (unpaired) electrons. The van der Waals surface area contributed by atoms with Crippen LogP contribution < -0.4 is 15.4 Å². The van der Waals surface area contributed by atoms with Crippen molar-refractivity contribution in [3.63, 3.8) is 0 Å². The first-order valence-corrected chi connectivity index (χ1v) is 12.3. The van der Waals surface area contributed by atoms with Crippen molar-refractivity contribution >= 4 is 21.8 Å². The average Bonchev–Trinajstić information content (AvgIpc) is 2.82. The van der Waals surface area contributed by atoms with E-state index in [0.717, 1.165) is 18.4 Å². The van der Waals surface area contributed by atoms with Crippen LogP contribution in [-0.4, -0.2) is 37.8 Å². The molecule has 1 aromatic heterocycles. The van der Waals surface area contributed by atoms with E-state index < -0.39 is 16.1 Å². The highest BCUT2D eigenvalue weighted by molar-refractivity contribution is 7.89. The smallest absolute Gasteiger partial charge is 0.242 e. The topological polar surface area (TPSA) is 117 Å². The zero-order valence-corrected chi connectivity index (χ0v) is 19.0. The number of hydrogen-bond donors (Lipinski definition) is 3. The number of amides is 2. The summed E-state index contributed by atoms with van der Waals surface area (Å²) in [5.74, 6) is -0.329. The maximum atomic E-state index is 12.6. The number of sulfonamides is 1. The second-order valence-electron chi connectivity index (χ2n) is 8.19. The van der Waals surface area contributed by atoms with Crippen LogP contribution in [0.5, 0.6) is 0 Å². The summed E-state index contributed by atoms with van der Waals surface area (Å²) in [6.07, 6.45) is 6.20. The Labute approximate surface area is 189 Å². The number of nitrogens with one attached hydrogen (secondary N) is 3. The summed E-state index contributed by atoms with van der Waals surface area (Å²) in [6, 6.07) is 11.3. The second kappa shape index (κ2) is 11.2. The molecule has 8 nitrogen and oxygen atoms in total. The van der Waals surface area contributed by atoms with Gasteiger partial charge in [-0.2, -0.15) is 0 Å². The molecule has 0 unspecified atom stereocenters. The lowest BCUT2D eigenvalue weighted by Crippen LogP contribution is -2.47. The third kappa shape index (κ3) is 6.86. The van der Waals surface area contributed by atoms with Crippen molar-refractivity contribution in [1.29, 1.82) is 0 Å². The molecule has 1 atom stereocenters. The lowest BCUT2D eigenvalue weighted by molar-refractivity contribution is -0.131. The number of pyridine rings is 1. The highest BCUT2D eigenvalue weighted by Crippen LogP contribution is 2.29. The molecule has 3 rings (SSSR count). The van der Waals surface area contributed by atoms with Crippen LogP contribution in [0.1, 0.15) is 38.2 Å². The van der Waals surface area contributed by atoms with E-state index in [1.165, 1.54) is 0 Å². The van der Waals surface area contributed by atoms with Crippen LogP contribution in [-0.2, 0) is 26.2 Å². The zero-order valence-electron chi connectivity index (χ0n) is 18.2. The van der Waals surface area contributed by atoms with Gasteiger partial charge in [0.25, 0.3) is 0 Å². The maximum absolute atomic E-state index is 12.6. The number of carbonyl (C=O) groups is 2. The van der Waals surface area contributed by atoms with Gasteiger partial charge in [-0.3, -0.25) is 14.6 Å². The third-order valence-corrected chi connectivity index (χ3v) is 7.24. The maximum Gasteiger partial charge on any atom is 0.242 e. The normalized spacial score (nSPS) is 19.7. The first-order valence-electron chi connectivity index (χ1n) is 10.9. The molecule has 1 saturated carbocycles. The van der Waals surface area contributed by atoms with Crippen molar-refractivity contribution in [1.82, 2.24) is 20.3 Å². The minimum Gasteiger partial charge on any atom is -0.350 e. The highest BCUT2D eigenvalue weighted by Gasteiger charge is 2.28. The van der Waals surface area contributed by atoms with Gasteiger partial charge in [-0.05, 0) is 68.4 Å². The van der Waals surface area contributed by atoms with Crippen LogP contribution in [0.4, 0.5) is 0 Å². The minimum atomic E-state index is -3.52. The van der Waals surface area contributed by atoms with Gasteiger partial charge in [-0.25, -0.2) is 13.1 Å². The number of nitrogens with zero attached hydrogens (tertiary/aromatic N) is 1. The fourth-order valence-electron chi connectivity index (χ4n) is 3.78. The van der Waals surface area contributed by atoms with Crippen LogP contribution in [0.3, 0.4) is 0 Å². The Morgan fingerprint density at radius 3 is 2.34 bits per heavy atom. The van der Waals surface area contributed by atoms with Crippen molar-refractivity contribution in [3.05, 3.63) is 60.4 Å². The Hall–Kier alpha value is -2.78. The molecule has 172 valence electrons. The molecular formula is C23H30N4O4S. The quantitative estimate of drug-likeness (QED) is 0.531. The van der Waals surface area contributed by atoms with E-state index in [1.807, 2.05) is 12.1 Å². The fraction of sp³-hybridized carbons (Fsp3) is 0.435. The van der Waals surface area contributed by atoms with Crippen molar-refractivity contribution in [2.45, 2.75) is 50.1 Å². The van der Waals surface area contributed by atoms with E-state index in [-0.39, 0.29) is 28.5 Å². The number of aromatic nitrogens is 1. The molecule has 1 aliphatic rings. The van der Waals surface area contributed by atoms with Gasteiger partial charge < -0.3 is 10.6 Å². The van der Waals surface area contributed by atoms with Gasteiger partial charge in [0.05, 0.1) is 4.90 Å². The largest absolute Gasteiger partial charge is 0.350 e. The van der Waals surface area contributed by atoms with Crippen LogP contribution in [0, 0.1) is 11.8 Å². The SMILES string of the molecule is C[C@H](NC(=O)C1CCC(CNS(=O)(=O)c2ccccc2)CC1)C(=O)NCc1ccncc1. The van der Waals surface area contributed by atoms with Gasteiger partial charge in [-0.1, -0.05) is 18.2 Å². The van der Waals surface area contributed by atoms with Crippen LogP contribution >= 0.6 is 0 Å². The van der Waals surface area contributed by atoms with Crippen molar-refractivity contribution in [3.8, 4) is 0 Å². The molecule has 2 amide bonds. The Kier molecular flexibility index (Phi) is 8.35. The van der Waals surface area contributed by atoms with Gasteiger partial charge in [-0.15, -0.1) is 0 Å². The predicted octanol–water partition coefficient (Wildman–Crippen LogP) is 1.99. The molecule has 0 aliphatic heterocycles. The molecule has 1 heterocycles. The number of rotatable bonds is 9. The van der Waals surface area contributed by atoms with Gasteiger partial charge in [0, 0.05) is 31.4 Å². The Morgan fingerprint density at radius 2 is 1.69 bits per heavy atom. The Morgan fingerprint density at radius 1 is 1.03 bits per heavy atom. The third-order valence-electron chi connectivity index (χ3n) is 5.80. The molecule has 0 spiro atoms. The number of carbonyl (C=O) groups excluding carboxylic acids is 2. The molecule has 0 bridgehead atoms. The molecule has 2 aromatic rings. The van der Waals surface area contributed by atoms with Gasteiger partial charge in [0.1, 0.15) is 6.04 Å². The molecule has 1 aromatic carbocycles. The van der Waals surface area contributed by atoms with Gasteiger partial charge in [0.2, 0.25) is 21.8 Å². The Balaban J connectivity index is 1.38. The lowest BCUT2D eigenvalue weighted by atomic mass is 9.81. The minimum absolute atomic E-state index is 0.125. The van der Waals surface area contributed by atoms with Crippen molar-refractivity contribution < 1.29 is 18.0 Å². The molecule has 1 fully saturated rings. The molecular weight excluding hydrogens is 428 g/mol. The van der Waals surface area contributed by atoms with E-state index in [9.17, 15) is 18.0 Å². The van der Waals surface area contributed by atoms with Crippen LogP contribution in [0.25, 0.3) is 0 Å². The molecule has 9 heteroatoms. The fourth-order valence-corrected chi connectivity index (χ4v) is 4.92. The first-order chi connectivity index (χ1) is 15.3. The highest BCUT2D eigenvalue weighted by atomic mass is 32.2. The monoisotopic (exact) mass is 458 g/mol. The van der Waals surface area contributed by atoms with E-state index in [2.05, 4.69) is 20.3 Å². The van der Waals surface area contributed by atoms with Crippen LogP contribution in [0.2, 0.25) is 0 Å². The molecule has 0 saturated heterocycles. The van der Waals surface area contributed by atoms with E-state index in [0.29, 0.717) is 25.9 Å². The molecule has 3 N–H and O–H groups in total. The predicted molar refractivity (Wildman–Crippen MR) is 121 cm³/mol. The summed E-state index contributed by atoms with van der Waals surface area (Å²) in [4.78, 5) is 29.1. The summed E-state index contributed by atoms with van der Waals surface area (Å²) in [6.45, 7) is 2.41. The van der Waals surface area contributed by atoms with Crippen LogP contribution in [0.15, 0.2) is 59.8 Å². The van der Waals surface area contributed by atoms with Gasteiger partial charge in [0.15, 0.2) is 0 Å². The number of hydrogen-bond acceptors (Lipinski definition) is 5. The first kappa shape index (κ1) is 23.9. The van der Waals surface area contributed by atoms with E-state index in [4.69, 9.17) is 0 Å². The van der Waals surface area contributed by atoms with Gasteiger partial charge >= 0.3 is 0 Å². The zero-order chi connectivity index (χ0) is 23.0. The Bertz CT molecular complexity index is 991. The summed E-state index contributed by atoms with van der Waals surface area (Å²) in [7, 11) is -3.52.